The predicted molar refractivity (Wildman–Crippen MR) is 70.9 cm³/mol. The van der Waals surface area contributed by atoms with Crippen LogP contribution in [0.3, 0.4) is 0 Å². The van der Waals surface area contributed by atoms with E-state index in [1.807, 2.05) is 41.3 Å². The fraction of sp³-hybridized carbons (Fsp3) is 0.133. The van der Waals surface area contributed by atoms with Gasteiger partial charge in [0.2, 0.25) is 0 Å². The van der Waals surface area contributed by atoms with Crippen LogP contribution in [0.4, 0.5) is 0 Å². The van der Waals surface area contributed by atoms with Gasteiger partial charge in [-0.15, -0.1) is 0 Å². The van der Waals surface area contributed by atoms with Crippen molar-refractivity contribution in [2.24, 2.45) is 0 Å². The highest BCUT2D eigenvalue weighted by Crippen LogP contribution is 2.07. The largest absolute Gasteiger partial charge is 0.354 e. The molecule has 0 aliphatic rings. The third kappa shape index (κ3) is 3.45. The molecule has 0 bridgehead atoms. The minimum absolute atomic E-state index is 0.777. The normalized spacial score (nSPS) is 9.88. The van der Waals surface area contributed by atoms with Crippen LogP contribution in [-0.2, 0) is 13.1 Å². The van der Waals surface area contributed by atoms with Crippen molar-refractivity contribution in [2.75, 3.05) is 0 Å². The van der Waals surface area contributed by atoms with E-state index in [2.05, 4.69) is 24.3 Å². The summed E-state index contributed by atoms with van der Waals surface area (Å²) in [6.45, 7) is 1.55. The monoisotopic (exact) mass is 224 g/mol. The van der Waals surface area contributed by atoms with Gasteiger partial charge in [0.15, 0.2) is 0 Å². The van der Waals surface area contributed by atoms with Gasteiger partial charge < -0.3 is 4.90 Å². The zero-order chi connectivity index (χ0) is 11.9. The molecular formula is C15H16N2. The smallest absolute Gasteiger partial charge is 0.0823 e. The second-order valence-corrected chi connectivity index (χ2v) is 4.01. The Morgan fingerprint density at radius 1 is 0.765 bits per heavy atom. The third-order valence-corrected chi connectivity index (χ3v) is 2.64. The van der Waals surface area contributed by atoms with Crippen LogP contribution in [0, 0.1) is 5.41 Å². The maximum Gasteiger partial charge on any atom is 0.0823 e. The van der Waals surface area contributed by atoms with Crippen molar-refractivity contribution in [2.45, 2.75) is 13.1 Å². The molecule has 1 N–H and O–H groups in total. The van der Waals surface area contributed by atoms with Gasteiger partial charge in [-0.25, -0.2) is 0 Å². The Morgan fingerprint density at radius 2 is 1.18 bits per heavy atom. The molecule has 0 unspecified atom stereocenters. The van der Waals surface area contributed by atoms with Gasteiger partial charge in [0.25, 0.3) is 0 Å². The Bertz CT molecular complexity index is 409. The number of hydrogen-bond donors (Lipinski definition) is 1. The van der Waals surface area contributed by atoms with Crippen molar-refractivity contribution in [1.82, 2.24) is 4.90 Å². The maximum atomic E-state index is 7.46. The van der Waals surface area contributed by atoms with E-state index in [0.717, 1.165) is 13.1 Å². The average Bonchev–Trinajstić information content (AvgIpc) is 2.40. The summed E-state index contributed by atoms with van der Waals surface area (Å²) in [5.74, 6) is 0. The van der Waals surface area contributed by atoms with Crippen molar-refractivity contribution in [3.63, 3.8) is 0 Å². The first-order valence-corrected chi connectivity index (χ1v) is 5.71. The van der Waals surface area contributed by atoms with Crippen molar-refractivity contribution < 1.29 is 0 Å². The first-order valence-electron chi connectivity index (χ1n) is 5.71. The quantitative estimate of drug-likeness (QED) is 0.612. The van der Waals surface area contributed by atoms with Crippen molar-refractivity contribution in [1.29, 1.82) is 5.41 Å². The molecule has 2 rings (SSSR count). The number of nitrogens with zero attached hydrogens (tertiary/aromatic N) is 1. The number of rotatable bonds is 5. The molecule has 0 saturated carbocycles. The lowest BCUT2D eigenvalue weighted by Gasteiger charge is -2.19. The summed E-state index contributed by atoms with van der Waals surface area (Å²) in [4.78, 5) is 1.99. The highest BCUT2D eigenvalue weighted by molar-refractivity contribution is 5.51. The van der Waals surface area contributed by atoms with Gasteiger partial charge in [-0.2, -0.15) is 0 Å². The molecular weight excluding hydrogens is 208 g/mol. The van der Waals surface area contributed by atoms with Crippen molar-refractivity contribution in [3.8, 4) is 0 Å². The van der Waals surface area contributed by atoms with E-state index >= 15 is 0 Å². The topological polar surface area (TPSA) is 27.1 Å². The molecule has 0 saturated heterocycles. The van der Waals surface area contributed by atoms with Crippen LogP contribution in [0.2, 0.25) is 0 Å². The Kier molecular flexibility index (Phi) is 3.92. The van der Waals surface area contributed by atoms with E-state index < -0.39 is 0 Å². The van der Waals surface area contributed by atoms with E-state index in [1.165, 1.54) is 17.5 Å². The van der Waals surface area contributed by atoms with Gasteiger partial charge in [0.1, 0.15) is 0 Å². The summed E-state index contributed by atoms with van der Waals surface area (Å²) < 4.78 is 0. The van der Waals surface area contributed by atoms with Crippen LogP contribution in [0.25, 0.3) is 0 Å². The summed E-state index contributed by atoms with van der Waals surface area (Å²) in [7, 11) is 0. The zero-order valence-electron chi connectivity index (χ0n) is 9.71. The molecule has 0 aromatic heterocycles. The first kappa shape index (κ1) is 11.4. The van der Waals surface area contributed by atoms with Gasteiger partial charge in [-0.3, -0.25) is 5.41 Å². The number of benzene rings is 2. The van der Waals surface area contributed by atoms with E-state index in [1.54, 1.807) is 0 Å². The second kappa shape index (κ2) is 5.85. The summed E-state index contributed by atoms with van der Waals surface area (Å²) in [5, 5.41) is 7.46. The van der Waals surface area contributed by atoms with Gasteiger partial charge in [0.05, 0.1) is 6.34 Å². The standard InChI is InChI=1S/C15H16N2/c16-13-17(11-14-7-3-1-4-8-14)12-15-9-5-2-6-10-15/h1-10,13,16H,11-12H2. The summed E-state index contributed by atoms with van der Waals surface area (Å²) in [6.07, 6.45) is 1.40. The van der Waals surface area contributed by atoms with Crippen LogP contribution < -0.4 is 0 Å². The Morgan fingerprint density at radius 3 is 1.53 bits per heavy atom. The molecule has 0 fully saturated rings. The SMILES string of the molecule is N=CN(Cc1ccccc1)Cc1ccccc1. The summed E-state index contributed by atoms with van der Waals surface area (Å²) in [5.41, 5.74) is 2.46. The van der Waals surface area contributed by atoms with Crippen LogP contribution in [-0.4, -0.2) is 11.2 Å². The molecule has 17 heavy (non-hydrogen) atoms. The second-order valence-electron chi connectivity index (χ2n) is 4.01. The predicted octanol–water partition coefficient (Wildman–Crippen LogP) is 3.30. The molecule has 2 aromatic carbocycles. The summed E-state index contributed by atoms with van der Waals surface area (Å²) >= 11 is 0. The third-order valence-electron chi connectivity index (χ3n) is 2.64. The molecule has 0 radical (unpaired) electrons. The fourth-order valence-corrected chi connectivity index (χ4v) is 1.78. The van der Waals surface area contributed by atoms with E-state index in [0.29, 0.717) is 0 Å². The van der Waals surface area contributed by atoms with Crippen LogP contribution in [0.15, 0.2) is 60.7 Å². The van der Waals surface area contributed by atoms with Gasteiger partial charge in [-0.1, -0.05) is 60.7 Å². The van der Waals surface area contributed by atoms with Gasteiger partial charge in [0, 0.05) is 13.1 Å². The molecule has 0 aliphatic heterocycles. The highest BCUT2D eigenvalue weighted by Gasteiger charge is 2.02. The molecule has 0 aliphatic carbocycles. The molecule has 0 heterocycles. The van der Waals surface area contributed by atoms with Crippen molar-refractivity contribution in [3.05, 3.63) is 71.8 Å². The Labute approximate surface area is 102 Å². The van der Waals surface area contributed by atoms with Crippen LogP contribution in [0.5, 0.6) is 0 Å². The first-order chi connectivity index (χ1) is 8.38. The minimum Gasteiger partial charge on any atom is -0.354 e. The molecule has 0 amide bonds. The molecule has 2 nitrogen and oxygen atoms in total. The molecule has 2 aromatic rings. The van der Waals surface area contributed by atoms with Crippen molar-refractivity contribution >= 4 is 6.34 Å². The van der Waals surface area contributed by atoms with Crippen LogP contribution >= 0.6 is 0 Å². The van der Waals surface area contributed by atoms with Crippen LogP contribution in [0.1, 0.15) is 11.1 Å². The van der Waals surface area contributed by atoms with E-state index in [-0.39, 0.29) is 0 Å². The highest BCUT2D eigenvalue weighted by atomic mass is 15.1. The lowest BCUT2D eigenvalue weighted by Crippen LogP contribution is -2.20. The lowest BCUT2D eigenvalue weighted by molar-refractivity contribution is 0.417. The zero-order valence-corrected chi connectivity index (χ0v) is 9.71. The Hall–Kier alpha value is -2.09. The average molecular weight is 224 g/mol. The molecule has 2 heteroatoms. The lowest BCUT2D eigenvalue weighted by atomic mass is 10.2. The molecule has 0 spiro atoms. The summed E-state index contributed by atoms with van der Waals surface area (Å²) in [6, 6.07) is 20.5. The molecule has 0 atom stereocenters. The van der Waals surface area contributed by atoms with E-state index in [4.69, 9.17) is 5.41 Å². The minimum atomic E-state index is 0.777. The van der Waals surface area contributed by atoms with E-state index in [9.17, 15) is 0 Å². The van der Waals surface area contributed by atoms with Gasteiger partial charge >= 0.3 is 0 Å². The number of nitrogens with one attached hydrogen (secondary N) is 1. The Balaban J connectivity index is 2.01. The fourth-order valence-electron chi connectivity index (χ4n) is 1.78. The maximum absolute atomic E-state index is 7.46. The molecule has 86 valence electrons. The van der Waals surface area contributed by atoms with Gasteiger partial charge in [-0.05, 0) is 11.1 Å². The number of hydrogen-bond acceptors (Lipinski definition) is 1.